The van der Waals surface area contributed by atoms with Crippen molar-refractivity contribution < 1.29 is 4.79 Å². The standard InChI is InChI=1S/C23H17N3O/c27-23(20-9-5-2-6-10-20)16-13-18-11-14-21(15-12-18)26-22(17-24-25-26)19-7-3-1-4-8-19/h1-17H/b16-13+. The first-order chi connectivity index (χ1) is 13.3. The zero-order valence-electron chi connectivity index (χ0n) is 14.6. The number of rotatable bonds is 5. The molecule has 27 heavy (non-hydrogen) atoms. The smallest absolute Gasteiger partial charge is 0.185 e. The lowest BCUT2D eigenvalue weighted by Gasteiger charge is -2.06. The van der Waals surface area contributed by atoms with E-state index in [1.54, 1.807) is 17.0 Å². The predicted octanol–water partition coefficient (Wildman–Crippen LogP) is 4.83. The molecule has 3 aromatic carbocycles. The summed E-state index contributed by atoms with van der Waals surface area (Å²) in [6.45, 7) is 0. The van der Waals surface area contributed by atoms with E-state index in [-0.39, 0.29) is 5.78 Å². The van der Waals surface area contributed by atoms with Gasteiger partial charge in [0.05, 0.1) is 17.6 Å². The predicted molar refractivity (Wildman–Crippen MR) is 107 cm³/mol. The van der Waals surface area contributed by atoms with Gasteiger partial charge < -0.3 is 0 Å². The highest BCUT2D eigenvalue weighted by atomic mass is 16.1. The van der Waals surface area contributed by atoms with Crippen LogP contribution >= 0.6 is 0 Å². The van der Waals surface area contributed by atoms with Gasteiger partial charge in [-0.15, -0.1) is 5.10 Å². The molecular weight excluding hydrogens is 334 g/mol. The molecule has 4 rings (SSSR count). The van der Waals surface area contributed by atoms with Gasteiger partial charge in [0.1, 0.15) is 0 Å². The molecular formula is C23H17N3O. The fourth-order valence-corrected chi connectivity index (χ4v) is 2.83. The van der Waals surface area contributed by atoms with Crippen molar-refractivity contribution in [1.82, 2.24) is 15.0 Å². The van der Waals surface area contributed by atoms with E-state index in [0.717, 1.165) is 22.5 Å². The van der Waals surface area contributed by atoms with Crippen molar-refractivity contribution in [3.63, 3.8) is 0 Å². The third-order valence-electron chi connectivity index (χ3n) is 4.24. The van der Waals surface area contributed by atoms with E-state index in [1.807, 2.05) is 91.0 Å². The molecule has 0 fully saturated rings. The zero-order valence-corrected chi connectivity index (χ0v) is 14.6. The first kappa shape index (κ1) is 16.7. The molecule has 1 aromatic heterocycles. The maximum atomic E-state index is 12.2. The number of benzene rings is 3. The number of aromatic nitrogens is 3. The summed E-state index contributed by atoms with van der Waals surface area (Å²) in [5, 5.41) is 8.25. The molecule has 0 N–H and O–H groups in total. The molecule has 4 nitrogen and oxygen atoms in total. The summed E-state index contributed by atoms with van der Waals surface area (Å²) in [5.74, 6) is -0.0117. The maximum Gasteiger partial charge on any atom is 0.185 e. The molecule has 130 valence electrons. The number of allylic oxidation sites excluding steroid dienone is 1. The Bertz CT molecular complexity index is 1070. The van der Waals surface area contributed by atoms with Crippen LogP contribution in [0.4, 0.5) is 0 Å². The van der Waals surface area contributed by atoms with Gasteiger partial charge in [-0.25, -0.2) is 4.68 Å². The summed E-state index contributed by atoms with van der Waals surface area (Å²) in [6, 6.07) is 27.1. The minimum absolute atomic E-state index is 0.0117. The molecule has 0 aliphatic heterocycles. The van der Waals surface area contributed by atoms with Gasteiger partial charge in [-0.2, -0.15) is 0 Å². The van der Waals surface area contributed by atoms with Gasteiger partial charge in [0.25, 0.3) is 0 Å². The van der Waals surface area contributed by atoms with Crippen molar-refractivity contribution in [3.8, 4) is 16.9 Å². The van der Waals surface area contributed by atoms with E-state index in [2.05, 4.69) is 10.3 Å². The molecule has 0 amide bonds. The summed E-state index contributed by atoms with van der Waals surface area (Å²) in [5.41, 5.74) is 4.53. The topological polar surface area (TPSA) is 47.8 Å². The quantitative estimate of drug-likeness (QED) is 0.382. The highest BCUT2D eigenvalue weighted by Crippen LogP contribution is 2.21. The van der Waals surface area contributed by atoms with E-state index in [1.165, 1.54) is 0 Å². The Labute approximate surface area is 157 Å². The minimum Gasteiger partial charge on any atom is -0.289 e. The van der Waals surface area contributed by atoms with Crippen LogP contribution in [0.15, 0.2) is 97.2 Å². The van der Waals surface area contributed by atoms with Gasteiger partial charge in [-0.3, -0.25) is 4.79 Å². The summed E-state index contributed by atoms with van der Waals surface area (Å²) in [6.07, 6.45) is 5.16. The molecule has 4 aromatic rings. The lowest BCUT2D eigenvalue weighted by atomic mass is 10.1. The average Bonchev–Trinajstić information content (AvgIpc) is 3.23. The fourth-order valence-electron chi connectivity index (χ4n) is 2.83. The van der Waals surface area contributed by atoms with Crippen LogP contribution in [0.1, 0.15) is 15.9 Å². The van der Waals surface area contributed by atoms with Crippen molar-refractivity contribution in [3.05, 3.63) is 108 Å². The van der Waals surface area contributed by atoms with Gasteiger partial charge in [0.15, 0.2) is 5.78 Å². The van der Waals surface area contributed by atoms with Crippen LogP contribution in [-0.4, -0.2) is 20.8 Å². The van der Waals surface area contributed by atoms with Crippen LogP contribution in [0, 0.1) is 0 Å². The Morgan fingerprint density at radius 3 is 2.19 bits per heavy atom. The highest BCUT2D eigenvalue weighted by molar-refractivity contribution is 6.06. The summed E-state index contributed by atoms with van der Waals surface area (Å²) < 4.78 is 1.80. The second kappa shape index (κ2) is 7.62. The molecule has 0 spiro atoms. The lowest BCUT2D eigenvalue weighted by Crippen LogP contribution is -1.99. The van der Waals surface area contributed by atoms with E-state index in [9.17, 15) is 4.79 Å². The monoisotopic (exact) mass is 351 g/mol. The molecule has 4 heteroatoms. The Balaban J connectivity index is 1.55. The molecule has 0 aliphatic rings. The van der Waals surface area contributed by atoms with E-state index in [0.29, 0.717) is 5.56 Å². The molecule has 0 bridgehead atoms. The van der Waals surface area contributed by atoms with Gasteiger partial charge in [0, 0.05) is 11.1 Å². The average molecular weight is 351 g/mol. The van der Waals surface area contributed by atoms with Crippen LogP contribution in [-0.2, 0) is 0 Å². The second-order valence-electron chi connectivity index (χ2n) is 6.05. The number of carbonyl (C=O) groups is 1. The van der Waals surface area contributed by atoms with Crippen LogP contribution < -0.4 is 0 Å². The highest BCUT2D eigenvalue weighted by Gasteiger charge is 2.08. The molecule has 0 aliphatic carbocycles. The second-order valence-corrected chi connectivity index (χ2v) is 6.05. The number of hydrogen-bond donors (Lipinski definition) is 0. The third-order valence-corrected chi connectivity index (χ3v) is 4.24. The van der Waals surface area contributed by atoms with Crippen LogP contribution in [0.5, 0.6) is 0 Å². The number of carbonyl (C=O) groups excluding carboxylic acids is 1. The van der Waals surface area contributed by atoms with Crippen LogP contribution in [0.2, 0.25) is 0 Å². The van der Waals surface area contributed by atoms with Crippen molar-refractivity contribution >= 4 is 11.9 Å². The summed E-state index contributed by atoms with van der Waals surface area (Å²) in [4.78, 5) is 12.2. The van der Waals surface area contributed by atoms with Gasteiger partial charge in [-0.05, 0) is 23.8 Å². The van der Waals surface area contributed by atoms with Gasteiger partial charge in [0.2, 0.25) is 0 Å². The number of ketones is 1. The number of nitrogens with zero attached hydrogens (tertiary/aromatic N) is 3. The molecule has 0 radical (unpaired) electrons. The minimum atomic E-state index is -0.0117. The van der Waals surface area contributed by atoms with Crippen LogP contribution in [0.25, 0.3) is 23.0 Å². The Hall–Kier alpha value is -3.79. The SMILES string of the molecule is O=C(/C=C/c1ccc(-n2nncc2-c2ccccc2)cc1)c1ccccc1. The molecule has 0 saturated carbocycles. The van der Waals surface area contributed by atoms with E-state index in [4.69, 9.17) is 0 Å². The molecule has 0 saturated heterocycles. The van der Waals surface area contributed by atoms with E-state index >= 15 is 0 Å². The Kier molecular flexibility index (Phi) is 4.70. The van der Waals surface area contributed by atoms with Crippen LogP contribution in [0.3, 0.4) is 0 Å². The van der Waals surface area contributed by atoms with E-state index < -0.39 is 0 Å². The van der Waals surface area contributed by atoms with Crippen molar-refractivity contribution in [2.45, 2.75) is 0 Å². The van der Waals surface area contributed by atoms with Gasteiger partial charge in [-0.1, -0.05) is 84.1 Å². The number of hydrogen-bond acceptors (Lipinski definition) is 3. The summed E-state index contributed by atoms with van der Waals surface area (Å²) >= 11 is 0. The summed E-state index contributed by atoms with van der Waals surface area (Å²) in [7, 11) is 0. The van der Waals surface area contributed by atoms with Gasteiger partial charge >= 0.3 is 0 Å². The molecule has 0 atom stereocenters. The fraction of sp³-hybridized carbons (Fsp3) is 0. The first-order valence-electron chi connectivity index (χ1n) is 8.65. The molecule has 0 unspecified atom stereocenters. The maximum absolute atomic E-state index is 12.2. The van der Waals surface area contributed by atoms with Crippen molar-refractivity contribution in [2.24, 2.45) is 0 Å². The van der Waals surface area contributed by atoms with Crippen molar-refractivity contribution in [1.29, 1.82) is 0 Å². The largest absolute Gasteiger partial charge is 0.289 e. The molecule has 1 heterocycles. The Morgan fingerprint density at radius 2 is 1.48 bits per heavy atom. The normalized spacial score (nSPS) is 11.0. The zero-order chi connectivity index (χ0) is 18.5. The lowest BCUT2D eigenvalue weighted by molar-refractivity contribution is 0.104. The first-order valence-corrected chi connectivity index (χ1v) is 8.65. The Morgan fingerprint density at radius 1 is 0.815 bits per heavy atom. The third kappa shape index (κ3) is 3.75. The van der Waals surface area contributed by atoms with Crippen molar-refractivity contribution in [2.75, 3.05) is 0 Å².